The number of halogens is 1. The normalized spacial score (nSPS) is 17.3. The van der Waals surface area contributed by atoms with Crippen LogP contribution in [0.2, 0.25) is 0 Å². The van der Waals surface area contributed by atoms with E-state index in [1.54, 1.807) is 12.1 Å². The van der Waals surface area contributed by atoms with Gasteiger partial charge in [-0.05, 0) is 12.1 Å². The van der Waals surface area contributed by atoms with Crippen LogP contribution in [0.3, 0.4) is 0 Å². The Labute approximate surface area is 112 Å². The summed E-state index contributed by atoms with van der Waals surface area (Å²) in [5.41, 5.74) is 6.57. The van der Waals surface area contributed by atoms with Crippen molar-refractivity contribution in [2.75, 3.05) is 49.6 Å². The van der Waals surface area contributed by atoms with Crippen LogP contribution in [0.1, 0.15) is 0 Å². The Hall–Kier alpha value is -1.37. The fourth-order valence-electron chi connectivity index (χ4n) is 2.08. The molecule has 0 aromatic heterocycles. The van der Waals surface area contributed by atoms with Crippen molar-refractivity contribution >= 4 is 11.4 Å². The van der Waals surface area contributed by atoms with Crippen LogP contribution in [0, 0.1) is 5.82 Å². The Morgan fingerprint density at radius 2 is 2.16 bits per heavy atom. The zero-order valence-electron chi connectivity index (χ0n) is 10.8. The number of nitrogens with two attached hydrogens (primary N) is 1. The second-order valence-corrected chi connectivity index (χ2v) is 4.51. The van der Waals surface area contributed by atoms with Gasteiger partial charge >= 0.3 is 0 Å². The van der Waals surface area contributed by atoms with Crippen LogP contribution in [0.25, 0.3) is 0 Å². The largest absolute Gasteiger partial charge is 0.390 e. The molecule has 1 saturated heterocycles. The average Bonchev–Trinajstić information content (AvgIpc) is 2.45. The molecule has 0 aliphatic carbocycles. The molecule has 0 amide bonds. The Morgan fingerprint density at radius 3 is 2.84 bits per heavy atom. The number of aliphatic hydroxyl groups is 1. The summed E-state index contributed by atoms with van der Waals surface area (Å²) in [7, 11) is 0. The van der Waals surface area contributed by atoms with Gasteiger partial charge in [-0.2, -0.15) is 0 Å². The van der Waals surface area contributed by atoms with E-state index in [1.165, 1.54) is 6.07 Å². The number of nitrogens with one attached hydrogen (secondary N) is 1. The summed E-state index contributed by atoms with van der Waals surface area (Å²) < 4.78 is 19.3. The number of anilines is 2. The van der Waals surface area contributed by atoms with E-state index in [4.69, 9.17) is 10.5 Å². The van der Waals surface area contributed by atoms with Crippen molar-refractivity contribution in [3.05, 3.63) is 24.0 Å². The van der Waals surface area contributed by atoms with Gasteiger partial charge in [-0.15, -0.1) is 0 Å². The molecule has 106 valence electrons. The monoisotopic (exact) mass is 269 g/mol. The Morgan fingerprint density at radius 1 is 1.42 bits per heavy atom. The molecule has 1 unspecified atom stereocenters. The molecule has 5 nitrogen and oxygen atoms in total. The van der Waals surface area contributed by atoms with Gasteiger partial charge in [0.1, 0.15) is 5.82 Å². The maximum Gasteiger partial charge on any atom is 0.148 e. The van der Waals surface area contributed by atoms with Gasteiger partial charge in [0.15, 0.2) is 0 Å². The highest BCUT2D eigenvalue weighted by molar-refractivity contribution is 5.71. The van der Waals surface area contributed by atoms with Gasteiger partial charge in [-0.25, -0.2) is 4.39 Å². The van der Waals surface area contributed by atoms with Crippen LogP contribution < -0.4 is 16.0 Å². The number of para-hydroxylation sites is 1. The zero-order valence-corrected chi connectivity index (χ0v) is 10.8. The first-order valence-corrected chi connectivity index (χ1v) is 6.45. The molecule has 1 fully saturated rings. The molecule has 4 N–H and O–H groups in total. The molecule has 0 saturated carbocycles. The van der Waals surface area contributed by atoms with Crippen molar-refractivity contribution in [1.29, 1.82) is 0 Å². The van der Waals surface area contributed by atoms with Gasteiger partial charge in [-0.1, -0.05) is 6.07 Å². The highest BCUT2D eigenvalue weighted by atomic mass is 19.1. The molecule has 0 spiro atoms. The Balaban J connectivity index is 2.15. The van der Waals surface area contributed by atoms with Gasteiger partial charge in [0.25, 0.3) is 0 Å². The van der Waals surface area contributed by atoms with Crippen molar-refractivity contribution in [2.24, 2.45) is 5.73 Å². The fourth-order valence-corrected chi connectivity index (χ4v) is 2.08. The quantitative estimate of drug-likeness (QED) is 0.721. The minimum Gasteiger partial charge on any atom is -0.390 e. The number of aliphatic hydroxyl groups excluding tert-OH is 1. The van der Waals surface area contributed by atoms with E-state index in [0.717, 1.165) is 0 Å². The van der Waals surface area contributed by atoms with E-state index in [9.17, 15) is 9.50 Å². The summed E-state index contributed by atoms with van der Waals surface area (Å²) in [5, 5.41) is 12.5. The first-order valence-electron chi connectivity index (χ1n) is 6.45. The number of hydrogen-bond donors (Lipinski definition) is 3. The average molecular weight is 269 g/mol. The predicted octanol–water partition coefficient (Wildman–Crippen LogP) is 0.394. The molecule has 1 aliphatic rings. The van der Waals surface area contributed by atoms with Crippen molar-refractivity contribution in [2.45, 2.75) is 6.10 Å². The first kappa shape index (κ1) is 14.0. The van der Waals surface area contributed by atoms with E-state index in [-0.39, 0.29) is 12.4 Å². The molecule has 1 aliphatic heterocycles. The van der Waals surface area contributed by atoms with Gasteiger partial charge < -0.3 is 25.8 Å². The van der Waals surface area contributed by atoms with Crippen molar-refractivity contribution in [3.8, 4) is 0 Å². The van der Waals surface area contributed by atoms with Crippen molar-refractivity contribution in [3.63, 3.8) is 0 Å². The number of nitrogens with zero attached hydrogens (tertiary/aromatic N) is 1. The standard InChI is InChI=1S/C13H20FN3O2/c14-11-2-1-3-12(16-9-10(18)8-15)13(11)17-4-6-19-7-5-17/h1-3,10,16,18H,4-9,15H2. The summed E-state index contributed by atoms with van der Waals surface area (Å²) in [6, 6.07) is 4.89. The molecular formula is C13H20FN3O2. The van der Waals surface area contributed by atoms with Gasteiger partial charge in [-0.3, -0.25) is 0 Å². The molecule has 2 rings (SSSR count). The van der Waals surface area contributed by atoms with E-state index < -0.39 is 6.10 Å². The van der Waals surface area contributed by atoms with Crippen LogP contribution in [-0.4, -0.2) is 50.6 Å². The van der Waals surface area contributed by atoms with Crippen LogP contribution >= 0.6 is 0 Å². The summed E-state index contributed by atoms with van der Waals surface area (Å²) in [4.78, 5) is 1.95. The number of rotatable bonds is 5. The zero-order chi connectivity index (χ0) is 13.7. The SMILES string of the molecule is NCC(O)CNc1cccc(F)c1N1CCOCC1. The molecule has 1 aromatic rings. The maximum absolute atomic E-state index is 14.0. The molecule has 1 atom stereocenters. The first-order chi connectivity index (χ1) is 9.22. The van der Waals surface area contributed by atoms with Crippen LogP contribution in [0.15, 0.2) is 18.2 Å². The van der Waals surface area contributed by atoms with E-state index in [0.29, 0.717) is 44.2 Å². The smallest absolute Gasteiger partial charge is 0.148 e. The summed E-state index contributed by atoms with van der Waals surface area (Å²) >= 11 is 0. The number of hydrogen-bond acceptors (Lipinski definition) is 5. The molecule has 0 bridgehead atoms. The minimum atomic E-state index is -0.638. The third-order valence-corrected chi connectivity index (χ3v) is 3.11. The van der Waals surface area contributed by atoms with Crippen molar-refractivity contribution < 1.29 is 14.2 Å². The molecule has 6 heteroatoms. The lowest BCUT2D eigenvalue weighted by Crippen LogP contribution is -2.37. The van der Waals surface area contributed by atoms with Gasteiger partial charge in [0.05, 0.1) is 30.7 Å². The topological polar surface area (TPSA) is 70.8 Å². The number of morpholine rings is 1. The second kappa shape index (κ2) is 6.70. The van der Waals surface area contributed by atoms with Gasteiger partial charge in [0.2, 0.25) is 0 Å². The molecular weight excluding hydrogens is 249 g/mol. The fraction of sp³-hybridized carbons (Fsp3) is 0.538. The lowest BCUT2D eigenvalue weighted by atomic mass is 10.2. The van der Waals surface area contributed by atoms with Gasteiger partial charge in [0, 0.05) is 26.2 Å². The highest BCUT2D eigenvalue weighted by Gasteiger charge is 2.18. The summed E-state index contributed by atoms with van der Waals surface area (Å²) in [6.45, 7) is 3.00. The maximum atomic E-state index is 14.0. The van der Waals surface area contributed by atoms with Crippen LogP contribution in [0.4, 0.5) is 15.8 Å². The van der Waals surface area contributed by atoms with E-state index in [2.05, 4.69) is 5.32 Å². The molecule has 19 heavy (non-hydrogen) atoms. The van der Waals surface area contributed by atoms with E-state index >= 15 is 0 Å². The summed E-state index contributed by atoms with van der Waals surface area (Å²) in [5.74, 6) is -0.269. The third kappa shape index (κ3) is 3.56. The Kier molecular flexibility index (Phi) is 4.95. The molecule has 1 aromatic carbocycles. The lowest BCUT2D eigenvalue weighted by Gasteiger charge is -2.31. The summed E-state index contributed by atoms with van der Waals surface area (Å²) in [6.07, 6.45) is -0.638. The minimum absolute atomic E-state index is 0.176. The lowest BCUT2D eigenvalue weighted by molar-refractivity contribution is 0.122. The Bertz CT molecular complexity index is 411. The molecule has 1 heterocycles. The van der Waals surface area contributed by atoms with Crippen LogP contribution in [0.5, 0.6) is 0 Å². The third-order valence-electron chi connectivity index (χ3n) is 3.11. The number of benzene rings is 1. The van der Waals surface area contributed by atoms with E-state index in [1.807, 2.05) is 4.90 Å². The molecule has 0 radical (unpaired) electrons. The highest BCUT2D eigenvalue weighted by Crippen LogP contribution is 2.29. The second-order valence-electron chi connectivity index (χ2n) is 4.51. The predicted molar refractivity (Wildman–Crippen MR) is 73.0 cm³/mol. The van der Waals surface area contributed by atoms with Crippen LogP contribution in [-0.2, 0) is 4.74 Å². The van der Waals surface area contributed by atoms with Crippen molar-refractivity contribution in [1.82, 2.24) is 0 Å². The number of ether oxygens (including phenoxy) is 1.